The zero-order valence-corrected chi connectivity index (χ0v) is 16.9. The van der Waals surface area contributed by atoms with Crippen LogP contribution in [0.3, 0.4) is 0 Å². The van der Waals surface area contributed by atoms with Crippen molar-refractivity contribution in [1.29, 1.82) is 0 Å². The Hall–Kier alpha value is -2.70. The van der Waals surface area contributed by atoms with E-state index in [9.17, 15) is 14.4 Å². The first-order chi connectivity index (χ1) is 14.0. The second-order valence-electron chi connectivity index (χ2n) is 8.32. The van der Waals surface area contributed by atoms with Crippen molar-refractivity contribution in [2.24, 2.45) is 5.92 Å². The lowest BCUT2D eigenvalue weighted by Crippen LogP contribution is -2.45. The highest BCUT2D eigenvalue weighted by atomic mass is 16.2. The van der Waals surface area contributed by atoms with Crippen molar-refractivity contribution in [3.05, 3.63) is 34.4 Å². The fourth-order valence-electron chi connectivity index (χ4n) is 4.45. The summed E-state index contributed by atoms with van der Waals surface area (Å²) in [7, 11) is 0. The first-order valence-corrected chi connectivity index (χ1v) is 10.7. The maximum absolute atomic E-state index is 12.9. The number of hydrogen-bond acceptors (Lipinski definition) is 4. The van der Waals surface area contributed by atoms with Crippen molar-refractivity contribution in [1.82, 2.24) is 14.9 Å². The lowest BCUT2D eigenvalue weighted by Gasteiger charge is -2.29. The second-order valence-corrected chi connectivity index (χ2v) is 8.32. The van der Waals surface area contributed by atoms with Crippen LogP contribution >= 0.6 is 0 Å². The summed E-state index contributed by atoms with van der Waals surface area (Å²) in [4.78, 5) is 42.3. The monoisotopic (exact) mass is 396 g/mol. The zero-order chi connectivity index (χ0) is 20.4. The maximum atomic E-state index is 12.9. The molecule has 2 N–H and O–H groups in total. The van der Waals surface area contributed by atoms with Crippen LogP contribution in [0.25, 0.3) is 10.9 Å². The number of anilines is 1. The summed E-state index contributed by atoms with van der Waals surface area (Å²) >= 11 is 0. The number of aromatic nitrogens is 2. The van der Waals surface area contributed by atoms with Gasteiger partial charge in [-0.25, -0.2) is 4.98 Å². The van der Waals surface area contributed by atoms with E-state index < -0.39 is 11.8 Å². The molecule has 2 heterocycles. The van der Waals surface area contributed by atoms with Gasteiger partial charge in [-0.15, -0.1) is 0 Å². The molecule has 4 rings (SSSR count). The fraction of sp³-hybridized carbons (Fsp3) is 0.545. The van der Waals surface area contributed by atoms with E-state index in [0.717, 1.165) is 50.8 Å². The van der Waals surface area contributed by atoms with Gasteiger partial charge in [0.2, 0.25) is 0 Å². The fourth-order valence-corrected chi connectivity index (χ4v) is 4.45. The number of fused-ring (bicyclic) bond motifs is 2. The standard InChI is InChI=1S/C22H28N4O3/c1-14-7-4-5-8-17(14)25-21(28)20(27)23-15-10-11-18-16(13-15)22(29)26-12-6-2-3-9-19(26)24-18/h10-11,13-14,17H,2-9,12H2,1H3,(H,23,27)(H,25,28)/t14-,17-/m1/s1. The number of rotatable bonds is 2. The Balaban J connectivity index is 1.52. The van der Waals surface area contributed by atoms with Gasteiger partial charge in [0.25, 0.3) is 5.56 Å². The Morgan fingerprint density at radius 3 is 2.72 bits per heavy atom. The van der Waals surface area contributed by atoms with Crippen molar-refractivity contribution >= 4 is 28.4 Å². The molecule has 1 fully saturated rings. The van der Waals surface area contributed by atoms with Crippen LogP contribution in [0.4, 0.5) is 5.69 Å². The molecule has 2 aliphatic rings. The van der Waals surface area contributed by atoms with Gasteiger partial charge in [0.1, 0.15) is 5.82 Å². The molecular formula is C22H28N4O3. The average molecular weight is 396 g/mol. The van der Waals surface area contributed by atoms with Gasteiger partial charge in [-0.1, -0.05) is 26.2 Å². The molecule has 2 atom stereocenters. The van der Waals surface area contributed by atoms with Gasteiger partial charge in [0.15, 0.2) is 0 Å². The Morgan fingerprint density at radius 1 is 1.07 bits per heavy atom. The molecule has 0 saturated heterocycles. The minimum atomic E-state index is -0.704. The van der Waals surface area contributed by atoms with Crippen molar-refractivity contribution < 1.29 is 9.59 Å². The molecule has 1 aliphatic heterocycles. The van der Waals surface area contributed by atoms with E-state index in [-0.39, 0.29) is 11.6 Å². The second kappa shape index (κ2) is 8.35. The van der Waals surface area contributed by atoms with Gasteiger partial charge in [0.05, 0.1) is 10.9 Å². The molecule has 0 bridgehead atoms. The molecule has 1 aromatic carbocycles. The third-order valence-electron chi connectivity index (χ3n) is 6.21. The third kappa shape index (κ3) is 4.18. The molecule has 0 spiro atoms. The van der Waals surface area contributed by atoms with E-state index in [1.54, 1.807) is 22.8 Å². The van der Waals surface area contributed by atoms with Crippen LogP contribution in [-0.4, -0.2) is 27.4 Å². The van der Waals surface area contributed by atoms with Gasteiger partial charge in [-0.3, -0.25) is 19.0 Å². The molecule has 0 radical (unpaired) electrons. The van der Waals surface area contributed by atoms with Crippen LogP contribution in [0.5, 0.6) is 0 Å². The summed E-state index contributed by atoms with van der Waals surface area (Å²) in [6, 6.07) is 5.09. The SMILES string of the molecule is C[C@@H]1CCCC[C@H]1NC(=O)C(=O)Nc1ccc2nc3n(c(=O)c2c1)CCCCC3. The molecule has 2 aromatic rings. The summed E-state index contributed by atoms with van der Waals surface area (Å²) in [5.41, 5.74) is 0.979. The largest absolute Gasteiger partial charge is 0.345 e. The highest BCUT2D eigenvalue weighted by Crippen LogP contribution is 2.24. The molecule has 7 heteroatoms. The molecule has 7 nitrogen and oxygen atoms in total. The minimum absolute atomic E-state index is 0.0444. The molecular weight excluding hydrogens is 368 g/mol. The van der Waals surface area contributed by atoms with Gasteiger partial charge >= 0.3 is 11.8 Å². The Morgan fingerprint density at radius 2 is 1.90 bits per heavy atom. The number of amides is 2. The molecule has 154 valence electrons. The normalized spacial score (nSPS) is 21.8. The van der Waals surface area contributed by atoms with E-state index in [2.05, 4.69) is 22.5 Å². The van der Waals surface area contributed by atoms with Gasteiger partial charge in [-0.05, 0) is 49.8 Å². The number of benzene rings is 1. The summed E-state index contributed by atoms with van der Waals surface area (Å²) < 4.78 is 1.75. The van der Waals surface area contributed by atoms with Crippen molar-refractivity contribution in [2.75, 3.05) is 5.32 Å². The number of nitrogens with one attached hydrogen (secondary N) is 2. The molecule has 1 aliphatic carbocycles. The van der Waals surface area contributed by atoms with Crippen molar-refractivity contribution in [3.63, 3.8) is 0 Å². The smallest absolute Gasteiger partial charge is 0.313 e. The Labute approximate surface area is 169 Å². The first kappa shape index (κ1) is 19.6. The van der Waals surface area contributed by atoms with Crippen molar-refractivity contribution in [3.8, 4) is 0 Å². The maximum Gasteiger partial charge on any atom is 0.313 e. The van der Waals surface area contributed by atoms with Crippen molar-refractivity contribution in [2.45, 2.75) is 70.9 Å². The van der Waals surface area contributed by atoms with E-state index in [4.69, 9.17) is 0 Å². The Bertz CT molecular complexity index is 997. The lowest BCUT2D eigenvalue weighted by atomic mass is 9.86. The molecule has 0 unspecified atom stereocenters. The Kier molecular flexibility index (Phi) is 5.65. The van der Waals surface area contributed by atoms with Gasteiger partial charge < -0.3 is 10.6 Å². The zero-order valence-electron chi connectivity index (χ0n) is 16.9. The van der Waals surface area contributed by atoms with Crippen LogP contribution < -0.4 is 16.2 Å². The summed E-state index contributed by atoms with van der Waals surface area (Å²) in [6.07, 6.45) is 8.13. The van der Waals surface area contributed by atoms with E-state index >= 15 is 0 Å². The molecule has 1 saturated carbocycles. The summed E-state index contributed by atoms with van der Waals surface area (Å²) in [5, 5.41) is 5.95. The topological polar surface area (TPSA) is 93.1 Å². The van der Waals surface area contributed by atoms with Crippen LogP contribution in [0, 0.1) is 5.92 Å². The minimum Gasteiger partial charge on any atom is -0.345 e. The van der Waals surface area contributed by atoms with Crippen LogP contribution in [0.1, 0.15) is 57.7 Å². The highest BCUT2D eigenvalue weighted by Gasteiger charge is 2.25. The van der Waals surface area contributed by atoms with E-state index in [1.165, 1.54) is 6.42 Å². The van der Waals surface area contributed by atoms with E-state index in [0.29, 0.717) is 29.1 Å². The lowest BCUT2D eigenvalue weighted by molar-refractivity contribution is -0.137. The molecule has 29 heavy (non-hydrogen) atoms. The predicted molar refractivity (Wildman–Crippen MR) is 112 cm³/mol. The number of nitrogens with zero attached hydrogens (tertiary/aromatic N) is 2. The quantitative estimate of drug-likeness (QED) is 0.764. The van der Waals surface area contributed by atoms with Gasteiger partial charge in [0, 0.05) is 24.7 Å². The molecule has 1 aromatic heterocycles. The third-order valence-corrected chi connectivity index (χ3v) is 6.21. The van der Waals surface area contributed by atoms with E-state index in [1.807, 2.05) is 0 Å². The highest BCUT2D eigenvalue weighted by molar-refractivity contribution is 6.39. The average Bonchev–Trinajstić information content (AvgIpc) is 2.96. The number of hydrogen-bond donors (Lipinski definition) is 2. The van der Waals surface area contributed by atoms with Crippen LogP contribution in [-0.2, 0) is 22.6 Å². The predicted octanol–water partition coefficient (Wildman–Crippen LogP) is 2.76. The number of carbonyl (C=O) groups is 2. The van der Waals surface area contributed by atoms with Crippen LogP contribution in [0.2, 0.25) is 0 Å². The summed E-state index contributed by atoms with van der Waals surface area (Å²) in [5.74, 6) is -0.120. The first-order valence-electron chi connectivity index (χ1n) is 10.7. The molecule has 2 amide bonds. The number of carbonyl (C=O) groups excluding carboxylic acids is 2. The number of aryl methyl sites for hydroxylation is 1. The van der Waals surface area contributed by atoms with Gasteiger partial charge in [-0.2, -0.15) is 0 Å². The van der Waals surface area contributed by atoms with Crippen LogP contribution in [0.15, 0.2) is 23.0 Å². The summed E-state index contributed by atoms with van der Waals surface area (Å²) in [6.45, 7) is 2.78.